The number of carbonyl (C=O) groups excluding carboxylic acids is 1. The van der Waals surface area contributed by atoms with Gasteiger partial charge in [0.2, 0.25) is 0 Å². The molecule has 1 aliphatic rings. The highest BCUT2D eigenvalue weighted by Gasteiger charge is 2.45. The third-order valence-corrected chi connectivity index (χ3v) is 4.17. The Kier molecular flexibility index (Phi) is 4.63. The molecule has 0 saturated carbocycles. The van der Waals surface area contributed by atoms with Crippen LogP contribution < -0.4 is 0 Å². The van der Waals surface area contributed by atoms with Gasteiger partial charge < -0.3 is 4.90 Å². The van der Waals surface area contributed by atoms with Crippen molar-refractivity contribution in [1.82, 2.24) is 4.90 Å². The van der Waals surface area contributed by atoms with Gasteiger partial charge in [-0.2, -0.15) is 8.42 Å². The van der Waals surface area contributed by atoms with E-state index in [0.29, 0.717) is 0 Å². The number of nitrogens with zero attached hydrogens (tertiary/aromatic N) is 1. The average Bonchev–Trinajstić information content (AvgIpc) is 2.74. The molecule has 116 valence electrons. The Bertz CT molecular complexity index is 605. The van der Waals surface area contributed by atoms with Crippen LogP contribution in [-0.2, 0) is 19.1 Å². The maximum atomic E-state index is 13.1. The molecule has 21 heavy (non-hydrogen) atoms. The normalized spacial score (nSPS) is 24.3. The summed E-state index contributed by atoms with van der Waals surface area (Å²) in [5, 5.41) is 0. The predicted octanol–water partition coefficient (Wildman–Crippen LogP) is 1.52. The number of hydrogen-bond donors (Lipinski definition) is 0. The first-order chi connectivity index (χ1) is 9.83. The van der Waals surface area contributed by atoms with Crippen molar-refractivity contribution in [3.05, 3.63) is 35.9 Å². The summed E-state index contributed by atoms with van der Waals surface area (Å²) < 4.78 is 40.3. The summed E-state index contributed by atoms with van der Waals surface area (Å²) >= 11 is 0. The van der Waals surface area contributed by atoms with Crippen LogP contribution in [-0.4, -0.2) is 44.8 Å². The number of benzene rings is 1. The third-order valence-electron chi connectivity index (χ3n) is 3.61. The summed E-state index contributed by atoms with van der Waals surface area (Å²) in [5.41, 5.74) is 0.906. The molecule has 5 nitrogen and oxygen atoms in total. The molecule has 3 atom stereocenters. The van der Waals surface area contributed by atoms with Gasteiger partial charge in [0.05, 0.1) is 19.0 Å². The van der Waals surface area contributed by atoms with Crippen molar-refractivity contribution in [3.8, 4) is 0 Å². The van der Waals surface area contributed by atoms with Crippen LogP contribution in [0, 0.1) is 5.92 Å². The lowest BCUT2D eigenvalue weighted by atomic mass is 10.1. The fourth-order valence-electron chi connectivity index (χ4n) is 2.50. The molecule has 2 rings (SSSR count). The van der Waals surface area contributed by atoms with E-state index in [-0.39, 0.29) is 12.6 Å². The van der Waals surface area contributed by atoms with Crippen LogP contribution in [0.2, 0.25) is 0 Å². The van der Waals surface area contributed by atoms with Gasteiger partial charge in [-0.1, -0.05) is 30.3 Å². The molecular weight excluding hydrogens is 297 g/mol. The van der Waals surface area contributed by atoms with Gasteiger partial charge in [0.15, 0.2) is 6.10 Å². The zero-order valence-electron chi connectivity index (χ0n) is 11.9. The summed E-state index contributed by atoms with van der Waals surface area (Å²) in [6, 6.07) is 9.04. The van der Waals surface area contributed by atoms with Crippen LogP contribution in [0.3, 0.4) is 0 Å². The number of halogens is 1. The average molecular weight is 315 g/mol. The minimum atomic E-state index is -3.81. The Labute approximate surface area is 123 Å². The standard InChI is InChI=1S/C14H18FNO4S/c1-10(11-6-4-3-5-7-11)16-9-12(8-15)13(14(16)17)20-21(2,18)19/h3-7,10,12-13H,8-9H2,1-2H3/t10-,12+,13-/m1/s1. The Morgan fingerprint density at radius 3 is 2.52 bits per heavy atom. The fraction of sp³-hybridized carbons (Fsp3) is 0.500. The van der Waals surface area contributed by atoms with E-state index >= 15 is 0 Å². The van der Waals surface area contributed by atoms with Crippen LogP contribution in [0.25, 0.3) is 0 Å². The second kappa shape index (κ2) is 6.11. The molecule has 0 unspecified atom stereocenters. The summed E-state index contributed by atoms with van der Waals surface area (Å²) in [6.07, 6.45) is -0.407. The molecule has 0 bridgehead atoms. The van der Waals surface area contributed by atoms with Crippen LogP contribution in [0.1, 0.15) is 18.5 Å². The van der Waals surface area contributed by atoms with Gasteiger partial charge in [0, 0.05) is 12.5 Å². The zero-order valence-corrected chi connectivity index (χ0v) is 12.7. The molecule has 0 N–H and O–H groups in total. The molecule has 1 amide bonds. The summed E-state index contributed by atoms with van der Waals surface area (Å²) in [6.45, 7) is 1.17. The van der Waals surface area contributed by atoms with Crippen molar-refractivity contribution in [3.63, 3.8) is 0 Å². The van der Waals surface area contributed by atoms with Crippen molar-refractivity contribution in [2.24, 2.45) is 5.92 Å². The minimum Gasteiger partial charge on any atom is -0.333 e. The summed E-state index contributed by atoms with van der Waals surface area (Å²) in [7, 11) is -3.81. The largest absolute Gasteiger partial charge is 0.333 e. The molecule has 0 spiro atoms. The van der Waals surface area contributed by atoms with Crippen molar-refractivity contribution in [2.45, 2.75) is 19.1 Å². The maximum Gasteiger partial charge on any atom is 0.265 e. The van der Waals surface area contributed by atoms with Crippen LogP contribution in [0.4, 0.5) is 4.39 Å². The molecule has 1 fully saturated rings. The second-order valence-corrected chi connectivity index (χ2v) is 6.81. The van der Waals surface area contributed by atoms with Gasteiger partial charge in [-0.05, 0) is 12.5 Å². The van der Waals surface area contributed by atoms with Gasteiger partial charge >= 0.3 is 0 Å². The molecule has 0 radical (unpaired) electrons. The van der Waals surface area contributed by atoms with Gasteiger partial charge in [-0.3, -0.25) is 13.4 Å². The number of likely N-dealkylation sites (tertiary alicyclic amines) is 1. The summed E-state index contributed by atoms with van der Waals surface area (Å²) in [5.74, 6) is -1.25. The van der Waals surface area contributed by atoms with E-state index in [0.717, 1.165) is 11.8 Å². The van der Waals surface area contributed by atoms with Crippen molar-refractivity contribution >= 4 is 16.0 Å². The van der Waals surface area contributed by atoms with E-state index in [1.54, 1.807) is 0 Å². The number of alkyl halides is 1. The Morgan fingerprint density at radius 1 is 1.38 bits per heavy atom. The zero-order chi connectivity index (χ0) is 15.6. The Morgan fingerprint density at radius 2 is 2.00 bits per heavy atom. The summed E-state index contributed by atoms with van der Waals surface area (Å²) in [4.78, 5) is 13.8. The van der Waals surface area contributed by atoms with Gasteiger partial charge in [-0.15, -0.1) is 0 Å². The van der Waals surface area contributed by atoms with E-state index in [1.807, 2.05) is 37.3 Å². The highest BCUT2D eigenvalue weighted by molar-refractivity contribution is 7.86. The topological polar surface area (TPSA) is 63.7 Å². The Balaban J connectivity index is 2.21. The van der Waals surface area contributed by atoms with Gasteiger partial charge in [-0.25, -0.2) is 0 Å². The predicted molar refractivity (Wildman–Crippen MR) is 75.8 cm³/mol. The lowest BCUT2D eigenvalue weighted by Gasteiger charge is -2.25. The lowest BCUT2D eigenvalue weighted by molar-refractivity contribution is -0.135. The third kappa shape index (κ3) is 3.59. The molecule has 1 aromatic carbocycles. The van der Waals surface area contributed by atoms with E-state index in [9.17, 15) is 17.6 Å². The van der Waals surface area contributed by atoms with E-state index in [4.69, 9.17) is 4.18 Å². The van der Waals surface area contributed by atoms with Crippen molar-refractivity contribution in [1.29, 1.82) is 0 Å². The van der Waals surface area contributed by atoms with Gasteiger partial charge in [0.25, 0.3) is 16.0 Å². The molecule has 7 heteroatoms. The Hall–Kier alpha value is -1.47. The number of amides is 1. The second-order valence-electron chi connectivity index (χ2n) is 5.21. The number of carbonyl (C=O) groups is 1. The van der Waals surface area contributed by atoms with Crippen LogP contribution in [0.15, 0.2) is 30.3 Å². The number of hydrogen-bond acceptors (Lipinski definition) is 4. The van der Waals surface area contributed by atoms with Gasteiger partial charge in [0.1, 0.15) is 0 Å². The molecular formula is C14H18FNO4S. The van der Waals surface area contributed by atoms with E-state index < -0.39 is 34.7 Å². The maximum absolute atomic E-state index is 13.1. The van der Waals surface area contributed by atoms with Crippen LogP contribution in [0.5, 0.6) is 0 Å². The molecule has 0 aromatic heterocycles. The van der Waals surface area contributed by atoms with E-state index in [1.165, 1.54) is 4.90 Å². The van der Waals surface area contributed by atoms with Crippen LogP contribution >= 0.6 is 0 Å². The highest BCUT2D eigenvalue weighted by atomic mass is 32.2. The minimum absolute atomic E-state index is 0.144. The molecule has 1 aliphatic heterocycles. The molecule has 1 saturated heterocycles. The first-order valence-corrected chi connectivity index (χ1v) is 8.45. The van der Waals surface area contributed by atoms with Crippen molar-refractivity contribution in [2.75, 3.05) is 19.5 Å². The van der Waals surface area contributed by atoms with E-state index in [2.05, 4.69) is 0 Å². The molecule has 1 aromatic rings. The molecule has 0 aliphatic carbocycles. The first-order valence-electron chi connectivity index (χ1n) is 6.63. The smallest absolute Gasteiger partial charge is 0.265 e. The SMILES string of the molecule is C[C@H](c1ccccc1)N1C[C@H](CF)[C@@H](OS(C)(=O)=O)C1=O. The molecule has 1 heterocycles. The first kappa shape index (κ1) is 15.9. The monoisotopic (exact) mass is 315 g/mol. The fourth-order valence-corrected chi connectivity index (χ4v) is 3.12. The lowest BCUT2D eigenvalue weighted by Crippen LogP contribution is -2.34. The van der Waals surface area contributed by atoms with Crippen molar-refractivity contribution < 1.29 is 21.8 Å². The highest BCUT2D eigenvalue weighted by Crippen LogP contribution is 2.31. The number of rotatable bonds is 5. The quantitative estimate of drug-likeness (QED) is 0.773.